The Morgan fingerprint density at radius 3 is 2.69 bits per heavy atom. The van der Waals surface area contributed by atoms with E-state index in [4.69, 9.17) is 0 Å². The third-order valence-electron chi connectivity index (χ3n) is 1.56. The van der Waals surface area contributed by atoms with Crippen molar-refractivity contribution >= 4 is 27.3 Å². The summed E-state index contributed by atoms with van der Waals surface area (Å²) in [4.78, 5) is 11.1. The third kappa shape index (κ3) is 2.38. The molecule has 3 nitrogen and oxygen atoms in total. The smallest absolute Gasteiger partial charge is 0.258 e. The van der Waals surface area contributed by atoms with Crippen molar-refractivity contribution in [3.8, 4) is 0 Å². The highest BCUT2D eigenvalue weighted by Crippen LogP contribution is 2.37. The molecule has 13 heavy (non-hydrogen) atoms. The zero-order valence-electron chi connectivity index (χ0n) is 7.31. The maximum atomic E-state index is 10.7. The van der Waals surface area contributed by atoms with Crippen LogP contribution in [0.4, 0.5) is 5.69 Å². The number of para-hydroxylation sites is 1. The molecule has 0 heterocycles. The van der Waals surface area contributed by atoms with Crippen molar-refractivity contribution in [2.24, 2.45) is 0 Å². The number of nitrogens with zero attached hydrogens (tertiary/aromatic N) is 1. The van der Waals surface area contributed by atoms with Gasteiger partial charge in [-0.05, 0) is 19.2 Å². The number of hydrogen-bond donors (Lipinski definition) is 0. The number of benzene rings is 1. The molecule has 1 aromatic rings. The molecular formula is C8H9NO2S2. The molecule has 0 fully saturated rings. The van der Waals surface area contributed by atoms with E-state index in [-0.39, 0.29) is 10.6 Å². The van der Waals surface area contributed by atoms with Gasteiger partial charge in [-0.2, -0.15) is 0 Å². The van der Waals surface area contributed by atoms with Crippen LogP contribution < -0.4 is 0 Å². The molecule has 0 aromatic heterocycles. The quantitative estimate of drug-likeness (QED) is 0.441. The Kier molecular flexibility index (Phi) is 3.62. The molecule has 5 heteroatoms. The van der Waals surface area contributed by atoms with Gasteiger partial charge in [0.15, 0.2) is 0 Å². The van der Waals surface area contributed by atoms with Crippen LogP contribution in [0.3, 0.4) is 0 Å². The number of rotatable bonds is 3. The fourth-order valence-corrected chi connectivity index (χ4v) is 2.59. The average molecular weight is 215 g/mol. The lowest BCUT2D eigenvalue weighted by atomic mass is 10.2. The summed E-state index contributed by atoms with van der Waals surface area (Å²) in [7, 11) is 2.93. The van der Waals surface area contributed by atoms with Gasteiger partial charge < -0.3 is 0 Å². The lowest BCUT2D eigenvalue weighted by Gasteiger charge is -2.01. The Morgan fingerprint density at radius 2 is 2.15 bits per heavy atom. The van der Waals surface area contributed by atoms with Crippen LogP contribution in [0.5, 0.6) is 0 Å². The molecule has 0 saturated heterocycles. The molecule has 1 rings (SSSR count). The van der Waals surface area contributed by atoms with Crippen LogP contribution in [-0.4, -0.2) is 11.2 Å². The molecule has 0 N–H and O–H groups in total. The summed E-state index contributed by atoms with van der Waals surface area (Å²) < 4.78 is 0. The molecular weight excluding hydrogens is 206 g/mol. The van der Waals surface area contributed by atoms with Gasteiger partial charge in [0, 0.05) is 5.56 Å². The Labute approximate surface area is 84.5 Å². The van der Waals surface area contributed by atoms with Gasteiger partial charge in [-0.3, -0.25) is 10.1 Å². The van der Waals surface area contributed by atoms with Crippen molar-refractivity contribution < 1.29 is 4.92 Å². The molecule has 1 aromatic carbocycles. The average Bonchev–Trinajstić information content (AvgIpc) is 2.04. The summed E-state index contributed by atoms with van der Waals surface area (Å²) in [6, 6.07) is 5.36. The van der Waals surface area contributed by atoms with Crippen LogP contribution in [0.1, 0.15) is 5.56 Å². The summed E-state index contributed by atoms with van der Waals surface area (Å²) in [6.45, 7) is 1.75. The Bertz CT molecular complexity index is 328. The molecule has 70 valence electrons. The summed E-state index contributed by atoms with van der Waals surface area (Å²) in [6.07, 6.45) is 1.90. The monoisotopic (exact) mass is 215 g/mol. The van der Waals surface area contributed by atoms with E-state index < -0.39 is 0 Å². The first-order chi connectivity index (χ1) is 6.16. The Balaban J connectivity index is 3.17. The van der Waals surface area contributed by atoms with Gasteiger partial charge in [0.2, 0.25) is 0 Å². The highest BCUT2D eigenvalue weighted by Gasteiger charge is 2.16. The van der Waals surface area contributed by atoms with Gasteiger partial charge in [0.05, 0.1) is 9.82 Å². The fourth-order valence-electron chi connectivity index (χ4n) is 1.02. The third-order valence-corrected chi connectivity index (χ3v) is 3.27. The minimum atomic E-state index is -0.326. The molecule has 0 aliphatic carbocycles. The van der Waals surface area contributed by atoms with Crippen molar-refractivity contribution in [1.82, 2.24) is 0 Å². The fraction of sp³-hybridized carbons (Fsp3) is 0.250. The van der Waals surface area contributed by atoms with Crippen LogP contribution in [0.2, 0.25) is 0 Å². The van der Waals surface area contributed by atoms with E-state index in [0.29, 0.717) is 5.56 Å². The zero-order chi connectivity index (χ0) is 9.84. The van der Waals surface area contributed by atoms with Crippen LogP contribution in [-0.2, 0) is 0 Å². The first kappa shape index (κ1) is 10.4. The van der Waals surface area contributed by atoms with E-state index in [1.165, 1.54) is 21.6 Å². The highest BCUT2D eigenvalue weighted by atomic mass is 33.1. The maximum absolute atomic E-state index is 10.7. The lowest BCUT2D eigenvalue weighted by molar-refractivity contribution is -0.388. The lowest BCUT2D eigenvalue weighted by Crippen LogP contribution is -1.93. The van der Waals surface area contributed by atoms with E-state index >= 15 is 0 Å². The molecule has 0 atom stereocenters. The first-order valence-electron chi connectivity index (χ1n) is 3.61. The van der Waals surface area contributed by atoms with E-state index in [1.54, 1.807) is 19.1 Å². The van der Waals surface area contributed by atoms with Crippen molar-refractivity contribution in [2.75, 3.05) is 6.26 Å². The molecule has 0 aliphatic heterocycles. The van der Waals surface area contributed by atoms with Gasteiger partial charge in [-0.15, -0.1) is 0 Å². The maximum Gasteiger partial charge on any atom is 0.286 e. The van der Waals surface area contributed by atoms with Gasteiger partial charge in [0.1, 0.15) is 0 Å². The highest BCUT2D eigenvalue weighted by molar-refractivity contribution is 8.76. The van der Waals surface area contributed by atoms with Crippen LogP contribution in [0.25, 0.3) is 0 Å². The molecule has 0 radical (unpaired) electrons. The van der Waals surface area contributed by atoms with Crippen molar-refractivity contribution in [3.05, 3.63) is 33.9 Å². The van der Waals surface area contributed by atoms with E-state index in [1.807, 2.05) is 12.3 Å². The predicted molar refractivity (Wildman–Crippen MR) is 57.2 cm³/mol. The molecule has 0 bridgehead atoms. The van der Waals surface area contributed by atoms with Crippen molar-refractivity contribution in [1.29, 1.82) is 0 Å². The minimum Gasteiger partial charge on any atom is -0.258 e. The second kappa shape index (κ2) is 4.53. The van der Waals surface area contributed by atoms with Crippen LogP contribution in [0.15, 0.2) is 23.1 Å². The largest absolute Gasteiger partial charge is 0.286 e. The molecule has 0 saturated carbocycles. The standard InChI is InChI=1S/C8H9NO2S2/c1-6-4-3-5-7(13-12-2)8(6)9(10)11/h3-5H,1-2H3. The van der Waals surface area contributed by atoms with Crippen LogP contribution >= 0.6 is 21.6 Å². The topological polar surface area (TPSA) is 43.1 Å². The van der Waals surface area contributed by atoms with Crippen molar-refractivity contribution in [2.45, 2.75) is 11.8 Å². The van der Waals surface area contributed by atoms with Crippen molar-refractivity contribution in [3.63, 3.8) is 0 Å². The Hall–Kier alpha value is -0.680. The first-order valence-corrected chi connectivity index (χ1v) is 6.17. The molecule has 0 aliphatic rings. The molecule has 0 spiro atoms. The van der Waals surface area contributed by atoms with E-state index in [9.17, 15) is 10.1 Å². The van der Waals surface area contributed by atoms with Gasteiger partial charge in [-0.1, -0.05) is 33.7 Å². The number of nitro groups is 1. The zero-order valence-corrected chi connectivity index (χ0v) is 8.95. The minimum absolute atomic E-state index is 0.224. The SMILES string of the molecule is CSSc1cccc(C)c1[N+](=O)[O-]. The molecule has 0 unspecified atom stereocenters. The van der Waals surface area contributed by atoms with E-state index in [2.05, 4.69) is 0 Å². The number of hydrogen-bond acceptors (Lipinski definition) is 4. The normalized spacial score (nSPS) is 10.0. The summed E-state index contributed by atoms with van der Waals surface area (Å²) in [5, 5.41) is 10.7. The summed E-state index contributed by atoms with van der Waals surface area (Å²) >= 11 is 0. The predicted octanol–water partition coefficient (Wildman–Crippen LogP) is 3.27. The molecule has 0 amide bonds. The summed E-state index contributed by atoms with van der Waals surface area (Å²) in [5.74, 6) is 0. The van der Waals surface area contributed by atoms with E-state index in [0.717, 1.165) is 4.90 Å². The Morgan fingerprint density at radius 1 is 1.46 bits per heavy atom. The van der Waals surface area contributed by atoms with Gasteiger partial charge in [-0.25, -0.2) is 0 Å². The van der Waals surface area contributed by atoms with Gasteiger partial charge >= 0.3 is 0 Å². The summed E-state index contributed by atoms with van der Waals surface area (Å²) in [5.41, 5.74) is 0.936. The second-order valence-electron chi connectivity index (χ2n) is 2.43. The van der Waals surface area contributed by atoms with Gasteiger partial charge in [0.25, 0.3) is 5.69 Å². The second-order valence-corrected chi connectivity index (χ2v) is 4.87. The number of aryl methyl sites for hydroxylation is 1. The number of nitro benzene ring substituents is 1. The van der Waals surface area contributed by atoms with Crippen LogP contribution in [0, 0.1) is 17.0 Å².